The van der Waals surface area contributed by atoms with Gasteiger partial charge < -0.3 is 14.6 Å². The van der Waals surface area contributed by atoms with Crippen LogP contribution in [0.1, 0.15) is 44.2 Å². The summed E-state index contributed by atoms with van der Waals surface area (Å²) in [6.45, 7) is 4.30. The van der Waals surface area contributed by atoms with Crippen LogP contribution in [-0.4, -0.2) is 9.49 Å². The molecule has 1 N–H and O–H groups in total. The fraction of sp³-hybridized carbons (Fsp3) is 0.273. The highest BCUT2D eigenvalue weighted by Crippen LogP contribution is 2.46. The molecule has 0 saturated carbocycles. The molecule has 0 spiro atoms. The highest BCUT2D eigenvalue weighted by Gasteiger charge is 2.39. The number of benzene rings is 2. The van der Waals surface area contributed by atoms with Gasteiger partial charge in [-0.15, -0.1) is 0 Å². The number of nitrogens with zero attached hydrogens (tertiary/aromatic N) is 2. The Morgan fingerprint density at radius 3 is 2.46 bits per heavy atom. The van der Waals surface area contributed by atoms with E-state index in [-0.39, 0.29) is 22.4 Å². The normalized spacial score (nSPS) is 17.6. The van der Waals surface area contributed by atoms with Gasteiger partial charge in [0.15, 0.2) is 6.23 Å². The molecule has 6 nitrogen and oxygen atoms in total. The molecule has 28 heavy (non-hydrogen) atoms. The lowest BCUT2D eigenvalue weighted by Crippen LogP contribution is -2.38. The Morgan fingerprint density at radius 2 is 1.79 bits per heavy atom. The fourth-order valence-corrected chi connectivity index (χ4v) is 3.98. The number of aromatic nitrogens is 1. The number of para-hydroxylation sites is 1. The van der Waals surface area contributed by atoms with Crippen LogP contribution in [0.4, 0.5) is 11.4 Å². The van der Waals surface area contributed by atoms with Crippen molar-refractivity contribution in [3.05, 3.63) is 88.2 Å². The zero-order chi connectivity index (χ0) is 19.7. The van der Waals surface area contributed by atoms with Crippen LogP contribution >= 0.6 is 0 Å². The molecule has 0 radical (unpaired) electrons. The number of hydrogen-bond donors (Lipinski definition) is 1. The first-order chi connectivity index (χ1) is 13.6. The van der Waals surface area contributed by atoms with Crippen molar-refractivity contribution in [2.24, 2.45) is 0 Å². The maximum Gasteiger partial charge on any atom is 0.269 e. The lowest BCUT2D eigenvalue weighted by atomic mass is 9.85. The Bertz CT molecular complexity index is 990. The number of rotatable bonds is 5. The number of fused-ring (bicyclic) bond motifs is 1. The Balaban J connectivity index is 1.73. The summed E-state index contributed by atoms with van der Waals surface area (Å²) in [5, 5.41) is 14.4. The van der Waals surface area contributed by atoms with E-state index in [0.717, 1.165) is 29.9 Å². The highest BCUT2D eigenvalue weighted by atomic mass is 16.6. The van der Waals surface area contributed by atoms with Gasteiger partial charge in [0.25, 0.3) is 5.69 Å². The summed E-state index contributed by atoms with van der Waals surface area (Å²) in [6, 6.07) is 18.8. The van der Waals surface area contributed by atoms with Crippen LogP contribution in [0.3, 0.4) is 0 Å². The molecule has 6 heteroatoms. The van der Waals surface area contributed by atoms with Crippen molar-refractivity contribution in [3.63, 3.8) is 0 Å². The molecule has 2 aromatic carbocycles. The monoisotopic (exact) mass is 377 g/mol. The van der Waals surface area contributed by atoms with Crippen LogP contribution < -0.4 is 5.32 Å². The Labute approximate surface area is 163 Å². The number of nitro groups is 1. The number of nitrogens with one attached hydrogen (secondary N) is 1. The Hall–Kier alpha value is -3.12. The van der Waals surface area contributed by atoms with Crippen molar-refractivity contribution >= 4 is 11.4 Å². The molecule has 1 aromatic heterocycles. The number of nitro benzene ring substituents is 1. The molecule has 3 aromatic rings. The molecule has 1 aliphatic rings. The van der Waals surface area contributed by atoms with E-state index in [4.69, 9.17) is 4.74 Å². The number of anilines is 1. The first kappa shape index (κ1) is 18.3. The molecular formula is C22H23N3O3. The van der Waals surface area contributed by atoms with Gasteiger partial charge in [0.2, 0.25) is 0 Å². The van der Waals surface area contributed by atoms with Crippen molar-refractivity contribution in [3.8, 4) is 5.69 Å². The van der Waals surface area contributed by atoms with Gasteiger partial charge in [0, 0.05) is 35.3 Å². The average Bonchev–Trinajstić information content (AvgIpc) is 3.23. The Kier molecular flexibility index (Phi) is 4.65. The second-order valence-electron chi connectivity index (χ2n) is 6.97. The van der Waals surface area contributed by atoms with E-state index in [1.165, 1.54) is 17.7 Å². The van der Waals surface area contributed by atoms with E-state index in [0.29, 0.717) is 0 Å². The topological polar surface area (TPSA) is 69.3 Å². The first-order valence-corrected chi connectivity index (χ1v) is 9.54. The minimum absolute atomic E-state index is 0.0782. The standard InChI is InChI=1S/C22H23N3O3/c1-3-22(4-2)18-8-5-6-9-19(18)23-21(28-22)20-10-7-15-24(20)16-11-13-17(14-12-16)25(26)27/h5-15,21,23H,3-4H2,1-2H3/t21-/m1/s1. The van der Waals surface area contributed by atoms with Gasteiger partial charge in [-0.3, -0.25) is 10.1 Å². The summed E-state index contributed by atoms with van der Waals surface area (Å²) >= 11 is 0. The summed E-state index contributed by atoms with van der Waals surface area (Å²) < 4.78 is 8.63. The van der Waals surface area contributed by atoms with Crippen LogP contribution in [0, 0.1) is 10.1 Å². The third-order valence-corrected chi connectivity index (χ3v) is 5.58. The van der Waals surface area contributed by atoms with Crippen molar-refractivity contribution < 1.29 is 9.66 Å². The predicted octanol–water partition coefficient (Wildman–Crippen LogP) is 5.54. The van der Waals surface area contributed by atoms with E-state index in [1.54, 1.807) is 12.1 Å². The van der Waals surface area contributed by atoms with Crippen molar-refractivity contribution in [2.45, 2.75) is 38.5 Å². The molecule has 2 heterocycles. The second kappa shape index (κ2) is 7.13. The zero-order valence-electron chi connectivity index (χ0n) is 16.0. The summed E-state index contributed by atoms with van der Waals surface area (Å²) in [7, 11) is 0. The molecule has 0 saturated heterocycles. The van der Waals surface area contributed by atoms with Crippen LogP contribution in [-0.2, 0) is 10.3 Å². The molecule has 1 aliphatic heterocycles. The average molecular weight is 377 g/mol. The van der Waals surface area contributed by atoms with E-state index in [1.807, 2.05) is 35.0 Å². The quantitative estimate of drug-likeness (QED) is 0.468. The lowest BCUT2D eigenvalue weighted by Gasteiger charge is -2.43. The number of non-ortho nitro benzene ring substituents is 1. The van der Waals surface area contributed by atoms with Gasteiger partial charge in [0.05, 0.1) is 16.2 Å². The van der Waals surface area contributed by atoms with Gasteiger partial charge in [0.1, 0.15) is 0 Å². The molecule has 0 aliphatic carbocycles. The van der Waals surface area contributed by atoms with E-state index in [9.17, 15) is 10.1 Å². The SMILES string of the molecule is CCC1(CC)O[C@H](c2cccn2-c2ccc([N+](=O)[O-])cc2)Nc2ccccc21. The van der Waals surface area contributed by atoms with Crippen molar-refractivity contribution in [1.82, 2.24) is 4.57 Å². The maximum atomic E-state index is 10.9. The van der Waals surface area contributed by atoms with Crippen LogP contribution in [0.15, 0.2) is 66.9 Å². The molecule has 0 amide bonds. The first-order valence-electron chi connectivity index (χ1n) is 9.54. The van der Waals surface area contributed by atoms with Gasteiger partial charge in [-0.25, -0.2) is 0 Å². The minimum Gasteiger partial charge on any atom is -0.355 e. The number of hydrogen-bond acceptors (Lipinski definition) is 4. The zero-order valence-corrected chi connectivity index (χ0v) is 16.0. The minimum atomic E-state index is -0.389. The third kappa shape index (κ3) is 2.96. The molecule has 1 atom stereocenters. The molecule has 0 bridgehead atoms. The van der Waals surface area contributed by atoms with Crippen LogP contribution in [0.5, 0.6) is 0 Å². The van der Waals surface area contributed by atoms with Gasteiger partial charge in [-0.2, -0.15) is 0 Å². The van der Waals surface area contributed by atoms with Crippen molar-refractivity contribution in [1.29, 1.82) is 0 Å². The number of ether oxygens (including phenoxy) is 1. The summed E-state index contributed by atoms with van der Waals surface area (Å²) in [4.78, 5) is 10.5. The second-order valence-corrected chi connectivity index (χ2v) is 6.97. The van der Waals surface area contributed by atoms with E-state index in [2.05, 4.69) is 31.3 Å². The molecule has 4 rings (SSSR count). The van der Waals surface area contributed by atoms with E-state index < -0.39 is 0 Å². The van der Waals surface area contributed by atoms with Gasteiger partial charge in [-0.05, 0) is 43.2 Å². The summed E-state index contributed by atoms with van der Waals surface area (Å²) in [5.74, 6) is 0. The largest absolute Gasteiger partial charge is 0.355 e. The highest BCUT2D eigenvalue weighted by molar-refractivity contribution is 5.57. The smallest absolute Gasteiger partial charge is 0.269 e. The fourth-order valence-electron chi connectivity index (χ4n) is 3.98. The Morgan fingerprint density at radius 1 is 1.07 bits per heavy atom. The van der Waals surface area contributed by atoms with Crippen LogP contribution in [0.2, 0.25) is 0 Å². The van der Waals surface area contributed by atoms with Gasteiger partial charge >= 0.3 is 0 Å². The summed E-state index contributed by atoms with van der Waals surface area (Å²) in [6.07, 6.45) is 3.37. The molecule has 144 valence electrons. The van der Waals surface area contributed by atoms with E-state index >= 15 is 0 Å². The molecular weight excluding hydrogens is 354 g/mol. The lowest BCUT2D eigenvalue weighted by molar-refractivity contribution is -0.384. The maximum absolute atomic E-state index is 10.9. The predicted molar refractivity (Wildman–Crippen MR) is 109 cm³/mol. The molecule has 0 fully saturated rings. The van der Waals surface area contributed by atoms with Crippen LogP contribution in [0.25, 0.3) is 5.69 Å². The van der Waals surface area contributed by atoms with Crippen molar-refractivity contribution in [2.75, 3.05) is 5.32 Å². The van der Waals surface area contributed by atoms with Gasteiger partial charge in [-0.1, -0.05) is 32.0 Å². The third-order valence-electron chi connectivity index (χ3n) is 5.58. The summed E-state index contributed by atoms with van der Waals surface area (Å²) in [5.41, 5.74) is 3.80. The molecule has 0 unspecified atom stereocenters.